The van der Waals surface area contributed by atoms with Gasteiger partial charge in [-0.2, -0.15) is 0 Å². The number of hydrogen-bond acceptors (Lipinski definition) is 1. The Balaban J connectivity index is 0.00000259. The minimum atomic E-state index is -0.130. The Hall–Kier alpha value is -2.42. The first-order valence-electron chi connectivity index (χ1n) is 12.3. The molecule has 2 bridgehead atoms. The molecule has 2 nitrogen and oxygen atoms in total. The molecule has 2 saturated carbocycles. The van der Waals surface area contributed by atoms with Crippen LogP contribution in [0.15, 0.2) is 48.5 Å². The Bertz CT molecular complexity index is 1030. The van der Waals surface area contributed by atoms with Gasteiger partial charge in [0, 0.05) is 13.0 Å². The third kappa shape index (κ3) is 4.27. The second-order valence-corrected chi connectivity index (χ2v) is 10.5. The van der Waals surface area contributed by atoms with Crippen molar-refractivity contribution in [1.82, 2.24) is 0 Å². The van der Waals surface area contributed by atoms with Gasteiger partial charge in [0.1, 0.15) is 5.82 Å². The lowest BCUT2D eigenvalue weighted by Gasteiger charge is -2.45. The second-order valence-electron chi connectivity index (χ2n) is 10.5. The maximum absolute atomic E-state index is 14.2. The summed E-state index contributed by atoms with van der Waals surface area (Å²) in [5, 5.41) is 3.16. The van der Waals surface area contributed by atoms with Crippen molar-refractivity contribution in [3.8, 4) is 0 Å². The number of benzene rings is 2. The van der Waals surface area contributed by atoms with Gasteiger partial charge in [-0.05, 0) is 117 Å². The van der Waals surface area contributed by atoms with Crippen LogP contribution in [-0.4, -0.2) is 5.91 Å². The SMILES string of the molecule is Cc1ccc(NC(=O)C2CCC3CC2CCC3C2=CCC(C)Cc3ccc(F)cc32)cc1.[HH]. The molecule has 2 aromatic rings. The normalized spacial score (nSPS) is 29.5. The molecule has 0 saturated heterocycles. The van der Waals surface area contributed by atoms with Gasteiger partial charge in [0.25, 0.3) is 0 Å². The molecule has 5 rings (SSSR count). The van der Waals surface area contributed by atoms with Gasteiger partial charge in [0.15, 0.2) is 0 Å². The van der Waals surface area contributed by atoms with E-state index in [2.05, 4.69) is 25.2 Å². The number of allylic oxidation sites excluding steroid dienone is 2. The molecule has 3 aliphatic carbocycles. The molecule has 3 heteroatoms. The molecule has 0 heterocycles. The summed E-state index contributed by atoms with van der Waals surface area (Å²) in [5.41, 5.74) is 5.93. The lowest BCUT2D eigenvalue weighted by Crippen LogP contribution is -2.40. The predicted octanol–water partition coefficient (Wildman–Crippen LogP) is 7.43. The standard InChI is InChI=1S/C29H34FNO.H2/c1-18-3-10-24(11-4-18)31-29(32)26-14-8-21-16-22(26)7-13-25(21)27-12-5-19(2)15-20-6-9-23(30)17-28(20)27;/h3-4,6,9-12,17,19,21-22,25-26H,5,7-8,13-16H2,1-2H3,(H,31,32);1H. The van der Waals surface area contributed by atoms with Gasteiger partial charge in [0.2, 0.25) is 5.91 Å². The fourth-order valence-electron chi connectivity index (χ4n) is 6.48. The molecule has 1 N–H and O–H groups in total. The maximum Gasteiger partial charge on any atom is 0.227 e. The van der Waals surface area contributed by atoms with Crippen LogP contribution in [0.1, 0.15) is 63.6 Å². The van der Waals surface area contributed by atoms with Gasteiger partial charge in [-0.3, -0.25) is 4.79 Å². The first-order chi connectivity index (χ1) is 15.5. The lowest BCUT2D eigenvalue weighted by atomic mass is 9.60. The van der Waals surface area contributed by atoms with E-state index in [1.54, 1.807) is 12.1 Å². The van der Waals surface area contributed by atoms with Gasteiger partial charge in [-0.1, -0.05) is 36.8 Å². The van der Waals surface area contributed by atoms with Gasteiger partial charge in [0.05, 0.1) is 0 Å². The van der Waals surface area contributed by atoms with Gasteiger partial charge < -0.3 is 5.32 Å². The van der Waals surface area contributed by atoms with E-state index < -0.39 is 0 Å². The van der Waals surface area contributed by atoms with Crippen LogP contribution in [0.5, 0.6) is 0 Å². The van der Waals surface area contributed by atoms with Gasteiger partial charge >= 0.3 is 0 Å². The Morgan fingerprint density at radius 1 is 1.03 bits per heavy atom. The topological polar surface area (TPSA) is 29.1 Å². The fourth-order valence-corrected chi connectivity index (χ4v) is 6.48. The van der Waals surface area contributed by atoms with Crippen molar-refractivity contribution in [3.05, 3.63) is 71.0 Å². The highest BCUT2D eigenvalue weighted by molar-refractivity contribution is 5.92. The smallest absolute Gasteiger partial charge is 0.227 e. The molecule has 0 radical (unpaired) electrons. The van der Waals surface area contributed by atoms with E-state index in [1.807, 2.05) is 30.3 Å². The van der Waals surface area contributed by atoms with Crippen molar-refractivity contribution >= 4 is 17.2 Å². The molecule has 2 aromatic carbocycles. The highest BCUT2D eigenvalue weighted by atomic mass is 19.1. The summed E-state index contributed by atoms with van der Waals surface area (Å²) >= 11 is 0. The van der Waals surface area contributed by atoms with Crippen LogP contribution >= 0.6 is 0 Å². The Morgan fingerprint density at radius 2 is 1.81 bits per heavy atom. The molecule has 5 atom stereocenters. The molecule has 32 heavy (non-hydrogen) atoms. The van der Waals surface area contributed by atoms with Crippen LogP contribution in [0.2, 0.25) is 0 Å². The van der Waals surface area contributed by atoms with E-state index in [-0.39, 0.29) is 19.1 Å². The number of hydrogen-bond donors (Lipinski definition) is 1. The highest BCUT2D eigenvalue weighted by Crippen LogP contribution is 2.51. The van der Waals surface area contributed by atoms with E-state index >= 15 is 0 Å². The van der Waals surface area contributed by atoms with Crippen LogP contribution in [0.3, 0.4) is 0 Å². The first-order valence-corrected chi connectivity index (χ1v) is 12.3. The highest BCUT2D eigenvalue weighted by Gasteiger charge is 2.42. The number of rotatable bonds is 3. The summed E-state index contributed by atoms with van der Waals surface area (Å²) in [6.45, 7) is 4.35. The number of halogens is 1. The van der Waals surface area contributed by atoms with Crippen LogP contribution in [0, 0.1) is 42.3 Å². The quantitative estimate of drug-likeness (QED) is 0.536. The summed E-state index contributed by atoms with van der Waals surface area (Å²) in [7, 11) is 0. The largest absolute Gasteiger partial charge is 0.326 e. The number of carbonyl (C=O) groups is 1. The zero-order chi connectivity index (χ0) is 22.2. The molecule has 5 unspecified atom stereocenters. The molecular weight excluding hydrogens is 397 g/mol. The monoisotopic (exact) mass is 433 g/mol. The average molecular weight is 434 g/mol. The van der Waals surface area contributed by atoms with E-state index in [1.165, 1.54) is 16.7 Å². The van der Waals surface area contributed by atoms with Crippen molar-refractivity contribution < 1.29 is 10.6 Å². The molecule has 2 fully saturated rings. The number of aryl methyl sites for hydroxylation is 1. The summed E-state index contributed by atoms with van der Waals surface area (Å²) in [6.07, 6.45) is 9.88. The third-order valence-corrected chi connectivity index (χ3v) is 8.19. The Morgan fingerprint density at radius 3 is 2.62 bits per heavy atom. The summed E-state index contributed by atoms with van der Waals surface area (Å²) in [4.78, 5) is 13.1. The fraction of sp³-hybridized carbons (Fsp3) is 0.483. The number of nitrogens with one attached hydrogen (secondary N) is 1. The summed E-state index contributed by atoms with van der Waals surface area (Å²) in [5.74, 6) is 2.33. The number of anilines is 1. The van der Waals surface area contributed by atoms with E-state index in [4.69, 9.17) is 0 Å². The van der Waals surface area contributed by atoms with Gasteiger partial charge in [-0.25, -0.2) is 4.39 Å². The third-order valence-electron chi connectivity index (χ3n) is 8.19. The molecule has 0 aromatic heterocycles. The lowest BCUT2D eigenvalue weighted by molar-refractivity contribution is -0.124. The van der Waals surface area contributed by atoms with Crippen molar-refractivity contribution in [2.75, 3.05) is 5.32 Å². The molecule has 3 aliphatic rings. The minimum absolute atomic E-state index is 0. The van der Waals surface area contributed by atoms with Crippen LogP contribution in [-0.2, 0) is 11.2 Å². The maximum atomic E-state index is 14.2. The predicted molar refractivity (Wildman–Crippen MR) is 131 cm³/mol. The van der Waals surface area contributed by atoms with E-state index in [0.717, 1.165) is 56.2 Å². The van der Waals surface area contributed by atoms with Gasteiger partial charge in [-0.15, -0.1) is 0 Å². The minimum Gasteiger partial charge on any atom is -0.326 e. The summed E-state index contributed by atoms with van der Waals surface area (Å²) in [6, 6.07) is 13.4. The van der Waals surface area contributed by atoms with Crippen LogP contribution in [0.4, 0.5) is 10.1 Å². The molecule has 170 valence electrons. The van der Waals surface area contributed by atoms with Crippen LogP contribution < -0.4 is 5.32 Å². The number of carbonyl (C=O) groups excluding carboxylic acids is 1. The first kappa shape index (κ1) is 21.4. The van der Waals surface area contributed by atoms with Crippen molar-refractivity contribution in [3.63, 3.8) is 0 Å². The molecule has 0 aliphatic heterocycles. The number of amides is 1. The zero-order valence-corrected chi connectivity index (χ0v) is 19.2. The van der Waals surface area contributed by atoms with Crippen LogP contribution in [0.25, 0.3) is 5.57 Å². The van der Waals surface area contributed by atoms with Crippen molar-refractivity contribution in [2.45, 2.75) is 58.8 Å². The van der Waals surface area contributed by atoms with E-state index in [9.17, 15) is 9.18 Å². The van der Waals surface area contributed by atoms with Crippen molar-refractivity contribution in [2.24, 2.45) is 29.6 Å². The Labute approximate surface area is 192 Å². The Kier molecular flexibility index (Phi) is 5.92. The average Bonchev–Trinajstić information content (AvgIpc) is 2.94. The zero-order valence-electron chi connectivity index (χ0n) is 19.2. The second kappa shape index (κ2) is 8.84. The molecule has 1 amide bonds. The van der Waals surface area contributed by atoms with E-state index in [0.29, 0.717) is 23.7 Å². The molecule has 0 spiro atoms. The molecular formula is C29H36FNO. The summed E-state index contributed by atoms with van der Waals surface area (Å²) < 4.78 is 14.2. The number of fused-ring (bicyclic) bond motifs is 3. The van der Waals surface area contributed by atoms with Crippen molar-refractivity contribution in [1.29, 1.82) is 0 Å².